The Hall–Kier alpha value is 0.217. The average molecular weight is 181 g/mol. The Balaban J connectivity index is 1.80. The maximum Gasteiger partial charge on any atom is 0.0280 e. The maximum atomic E-state index is 1.61. The van der Waals surface area contributed by atoms with Gasteiger partial charge in [-0.2, -0.15) is 0 Å². The van der Waals surface area contributed by atoms with E-state index >= 15 is 0 Å². The molecule has 1 aliphatic carbocycles. The highest BCUT2D eigenvalue weighted by Crippen LogP contribution is 2.36. The summed E-state index contributed by atoms with van der Waals surface area (Å²) >= 11 is 0. The zero-order valence-electron chi connectivity index (χ0n) is 8.10. The molecule has 0 N–H and O–H groups in total. The van der Waals surface area contributed by atoms with E-state index in [9.17, 15) is 0 Å². The van der Waals surface area contributed by atoms with Crippen LogP contribution in [0.4, 0.5) is 0 Å². The van der Waals surface area contributed by atoms with Gasteiger partial charge in [-0.1, -0.05) is 57.0 Å². The van der Waals surface area contributed by atoms with Crippen LogP contribution in [0.25, 0.3) is 0 Å². The van der Waals surface area contributed by atoms with Crippen LogP contribution < -0.4 is 0 Å². The third kappa shape index (κ3) is 2.12. The molecule has 69 valence electrons. The van der Waals surface area contributed by atoms with Gasteiger partial charge in [0, 0.05) is 9.52 Å². The van der Waals surface area contributed by atoms with Crippen LogP contribution in [0.3, 0.4) is 0 Å². The summed E-state index contributed by atoms with van der Waals surface area (Å²) in [6, 6.07) is 3.22. The van der Waals surface area contributed by atoms with Crippen molar-refractivity contribution in [3.05, 3.63) is 0 Å². The van der Waals surface area contributed by atoms with Crippen LogP contribution in [0.15, 0.2) is 0 Å². The Labute approximate surface area is 79.0 Å². The van der Waals surface area contributed by atoms with Crippen molar-refractivity contribution >= 4 is 9.52 Å². The first-order valence-corrected chi connectivity index (χ1v) is 7.42. The molecule has 1 heteroatoms. The minimum absolute atomic E-state index is 0.872. The molecule has 0 amide bonds. The zero-order valence-corrected chi connectivity index (χ0v) is 9.25. The van der Waals surface area contributed by atoms with Gasteiger partial charge in [0.15, 0.2) is 0 Å². The summed E-state index contributed by atoms with van der Waals surface area (Å²) in [5.41, 5.74) is 0. The first-order chi connectivity index (χ1) is 5.97. The molecule has 0 nitrogen and oxygen atoms in total. The predicted molar refractivity (Wildman–Crippen MR) is 56.1 cm³/mol. The van der Waals surface area contributed by atoms with Gasteiger partial charge in [0.25, 0.3) is 0 Å². The molecule has 0 aromatic heterocycles. The van der Waals surface area contributed by atoms with E-state index in [0.29, 0.717) is 0 Å². The van der Waals surface area contributed by atoms with Crippen LogP contribution in [0.2, 0.25) is 12.1 Å². The van der Waals surface area contributed by atoms with Crippen molar-refractivity contribution in [1.29, 1.82) is 0 Å². The van der Waals surface area contributed by atoms with Crippen LogP contribution in [-0.2, 0) is 0 Å². The molecule has 12 heavy (non-hydrogen) atoms. The third-order valence-corrected chi connectivity index (χ3v) is 5.28. The van der Waals surface area contributed by atoms with E-state index < -0.39 is 0 Å². The molecule has 2 rings (SSSR count). The second-order valence-corrected chi connectivity index (χ2v) is 6.33. The van der Waals surface area contributed by atoms with Crippen molar-refractivity contribution in [2.24, 2.45) is 11.8 Å². The molecular weight excluding hydrogens is 160 g/mol. The third-order valence-electron chi connectivity index (χ3n) is 3.80. The van der Waals surface area contributed by atoms with Crippen LogP contribution in [-0.4, -0.2) is 9.52 Å². The maximum absolute atomic E-state index is 1.61. The van der Waals surface area contributed by atoms with Gasteiger partial charge in [-0.25, -0.2) is 0 Å². The molecule has 0 spiro atoms. The quantitative estimate of drug-likeness (QED) is 0.545. The summed E-state index contributed by atoms with van der Waals surface area (Å²) in [5.74, 6) is 2.31. The first kappa shape index (κ1) is 8.80. The highest BCUT2D eigenvalue weighted by Gasteiger charge is 2.24. The molecular formula is C11H21Si. The second-order valence-electron chi connectivity index (χ2n) is 4.60. The molecule has 1 saturated carbocycles. The lowest BCUT2D eigenvalue weighted by Crippen LogP contribution is -2.21. The Bertz CT molecular complexity index is 105. The fourth-order valence-electron chi connectivity index (χ4n) is 3.03. The zero-order chi connectivity index (χ0) is 8.23. The van der Waals surface area contributed by atoms with E-state index in [-0.39, 0.29) is 0 Å². The Morgan fingerprint density at radius 3 is 1.92 bits per heavy atom. The lowest BCUT2D eigenvalue weighted by molar-refractivity contribution is 0.231. The molecule has 1 radical (unpaired) electrons. The van der Waals surface area contributed by atoms with Crippen molar-refractivity contribution in [2.45, 2.75) is 57.0 Å². The summed E-state index contributed by atoms with van der Waals surface area (Å²) in [5, 5.41) is 0. The van der Waals surface area contributed by atoms with Gasteiger partial charge in [0.05, 0.1) is 0 Å². The Morgan fingerprint density at radius 1 is 0.667 bits per heavy atom. The SMILES string of the molecule is C1CCC(C2CC[SiH]CC2)CC1. The normalized spacial score (nSPS) is 29.0. The van der Waals surface area contributed by atoms with E-state index in [1.807, 2.05) is 0 Å². The van der Waals surface area contributed by atoms with Crippen LogP contribution in [0, 0.1) is 11.8 Å². The van der Waals surface area contributed by atoms with Crippen molar-refractivity contribution < 1.29 is 0 Å². The molecule has 0 aromatic carbocycles. The van der Waals surface area contributed by atoms with Crippen molar-refractivity contribution in [3.8, 4) is 0 Å². The number of hydrogen-bond donors (Lipinski definition) is 0. The van der Waals surface area contributed by atoms with Crippen molar-refractivity contribution in [3.63, 3.8) is 0 Å². The molecule has 0 aromatic rings. The van der Waals surface area contributed by atoms with Gasteiger partial charge < -0.3 is 0 Å². The van der Waals surface area contributed by atoms with E-state index in [0.717, 1.165) is 21.4 Å². The smallest absolute Gasteiger partial charge is 0.0280 e. The summed E-state index contributed by atoms with van der Waals surface area (Å²) in [7, 11) is 0.872. The monoisotopic (exact) mass is 181 g/mol. The molecule has 2 fully saturated rings. The van der Waals surface area contributed by atoms with Gasteiger partial charge >= 0.3 is 0 Å². The van der Waals surface area contributed by atoms with Crippen LogP contribution >= 0.6 is 0 Å². The molecule has 0 atom stereocenters. The van der Waals surface area contributed by atoms with Crippen LogP contribution in [0.5, 0.6) is 0 Å². The minimum atomic E-state index is 0.872. The van der Waals surface area contributed by atoms with E-state index in [1.54, 1.807) is 37.8 Å². The summed E-state index contributed by atoms with van der Waals surface area (Å²) in [4.78, 5) is 0. The van der Waals surface area contributed by atoms with E-state index in [1.165, 1.54) is 19.3 Å². The van der Waals surface area contributed by atoms with Crippen molar-refractivity contribution in [1.82, 2.24) is 0 Å². The standard InChI is InChI=1S/C11H21Si/c1-2-4-10(5-3-1)11-6-8-12-9-7-11/h10-12H,1-9H2. The highest BCUT2D eigenvalue weighted by atomic mass is 28.2. The summed E-state index contributed by atoms with van der Waals surface area (Å²) in [6.45, 7) is 0. The fraction of sp³-hybridized carbons (Fsp3) is 1.00. The fourth-order valence-corrected chi connectivity index (χ4v) is 4.65. The second kappa shape index (κ2) is 4.45. The lowest BCUT2D eigenvalue weighted by Gasteiger charge is -2.32. The van der Waals surface area contributed by atoms with Crippen molar-refractivity contribution in [2.75, 3.05) is 0 Å². The van der Waals surface area contributed by atoms with Gasteiger partial charge in [-0.3, -0.25) is 0 Å². The summed E-state index contributed by atoms with van der Waals surface area (Å²) in [6.07, 6.45) is 10.9. The predicted octanol–water partition coefficient (Wildman–Crippen LogP) is 3.25. The summed E-state index contributed by atoms with van der Waals surface area (Å²) < 4.78 is 0. The molecule has 1 aliphatic heterocycles. The van der Waals surface area contributed by atoms with E-state index in [2.05, 4.69) is 0 Å². The number of hydrogen-bond acceptors (Lipinski definition) is 0. The average Bonchev–Trinajstić information content (AvgIpc) is 2.21. The highest BCUT2D eigenvalue weighted by molar-refractivity contribution is 6.35. The van der Waals surface area contributed by atoms with Gasteiger partial charge in [-0.05, 0) is 11.8 Å². The van der Waals surface area contributed by atoms with Crippen LogP contribution in [0.1, 0.15) is 44.9 Å². The topological polar surface area (TPSA) is 0 Å². The van der Waals surface area contributed by atoms with E-state index in [4.69, 9.17) is 0 Å². The largest absolute Gasteiger partial charge is 0.0618 e. The molecule has 1 heterocycles. The molecule has 1 saturated heterocycles. The lowest BCUT2D eigenvalue weighted by atomic mass is 9.77. The molecule has 0 unspecified atom stereocenters. The first-order valence-electron chi connectivity index (χ1n) is 5.78. The molecule has 2 aliphatic rings. The van der Waals surface area contributed by atoms with Gasteiger partial charge in [0.2, 0.25) is 0 Å². The molecule has 0 bridgehead atoms. The minimum Gasteiger partial charge on any atom is -0.0618 e. The van der Waals surface area contributed by atoms with Gasteiger partial charge in [-0.15, -0.1) is 0 Å². The number of rotatable bonds is 1. The Kier molecular flexibility index (Phi) is 3.26. The van der Waals surface area contributed by atoms with Gasteiger partial charge in [0.1, 0.15) is 0 Å². The Morgan fingerprint density at radius 2 is 1.25 bits per heavy atom.